The van der Waals surface area contributed by atoms with E-state index >= 15 is 0 Å². The van der Waals surface area contributed by atoms with Gasteiger partial charge in [-0.15, -0.1) is 0 Å². The predicted molar refractivity (Wildman–Crippen MR) is 99.8 cm³/mol. The number of rotatable bonds is 3. The second-order valence-electron chi connectivity index (χ2n) is 7.22. The van der Waals surface area contributed by atoms with Crippen molar-refractivity contribution in [2.24, 2.45) is 0 Å². The summed E-state index contributed by atoms with van der Waals surface area (Å²) < 4.78 is 2.10. The van der Waals surface area contributed by atoms with Crippen LogP contribution in [0.15, 0.2) is 27.1 Å². The Morgan fingerprint density at radius 3 is 2.48 bits per heavy atom. The molecule has 0 saturated carbocycles. The van der Waals surface area contributed by atoms with E-state index in [1.54, 1.807) is 6.92 Å². The zero-order chi connectivity index (χ0) is 15.8. The van der Waals surface area contributed by atoms with Crippen LogP contribution in [0.25, 0.3) is 0 Å². The fourth-order valence-corrected chi connectivity index (χ4v) is 8.94. The average molecular weight is 432 g/mol. The van der Waals surface area contributed by atoms with E-state index in [0.29, 0.717) is 5.78 Å². The Morgan fingerprint density at radius 2 is 1.95 bits per heavy atom. The average Bonchev–Trinajstić information content (AvgIpc) is 2.36. The summed E-state index contributed by atoms with van der Waals surface area (Å²) in [5.41, 5.74) is 1.16. The number of hydrogen-bond acceptors (Lipinski definition) is 1. The van der Waals surface area contributed by atoms with Crippen molar-refractivity contribution < 1.29 is 4.79 Å². The van der Waals surface area contributed by atoms with Crippen LogP contribution in [-0.2, 0) is 4.79 Å². The van der Waals surface area contributed by atoms with E-state index in [9.17, 15) is 4.79 Å². The number of benzene rings is 1. The van der Waals surface area contributed by atoms with Crippen LogP contribution in [0, 0.1) is 0 Å². The maximum atomic E-state index is 12.6. The molecule has 1 aliphatic heterocycles. The minimum absolute atomic E-state index is 0.0157. The minimum Gasteiger partial charge on any atom is -0.299 e. The first kappa shape index (κ1) is 17.4. The van der Waals surface area contributed by atoms with Gasteiger partial charge < -0.3 is 0 Å². The summed E-state index contributed by atoms with van der Waals surface area (Å²) in [4.78, 5) is 12.6. The molecule has 116 valence electrons. The number of halogens is 2. The largest absolute Gasteiger partial charge is 0.299 e. The van der Waals surface area contributed by atoms with E-state index in [1.165, 1.54) is 25.3 Å². The number of hydrogen-bond donors (Lipinski definition) is 0. The van der Waals surface area contributed by atoms with E-state index in [1.807, 2.05) is 0 Å². The van der Waals surface area contributed by atoms with Crippen molar-refractivity contribution in [3.63, 3.8) is 0 Å². The molecule has 2 unspecified atom stereocenters. The van der Waals surface area contributed by atoms with Crippen molar-refractivity contribution in [2.45, 2.75) is 63.2 Å². The molecule has 0 aliphatic carbocycles. The molecule has 0 bridgehead atoms. The second kappa shape index (κ2) is 6.29. The molecule has 21 heavy (non-hydrogen) atoms. The van der Waals surface area contributed by atoms with Crippen LogP contribution >= 0.6 is 31.9 Å². The zero-order valence-corrected chi connectivity index (χ0v) is 17.5. The summed E-state index contributed by atoms with van der Waals surface area (Å²) in [7, 11) is -1.44. The third kappa shape index (κ3) is 3.23. The molecule has 1 saturated heterocycles. The summed E-state index contributed by atoms with van der Waals surface area (Å²) in [5.74, 6) is 0.324. The van der Waals surface area contributed by atoms with Gasteiger partial charge in [0.25, 0.3) is 0 Å². The molecule has 1 aromatic carbocycles. The van der Waals surface area contributed by atoms with E-state index in [-0.39, 0.29) is 11.0 Å². The normalized spacial score (nSPS) is 26.4. The molecule has 1 aliphatic rings. The Balaban J connectivity index is 2.55. The lowest BCUT2D eigenvalue weighted by atomic mass is 9.80. The zero-order valence-electron chi connectivity index (χ0n) is 13.3. The van der Waals surface area contributed by atoms with Crippen LogP contribution in [0.5, 0.6) is 0 Å². The van der Waals surface area contributed by atoms with Crippen LogP contribution < -0.4 is 0 Å². The Labute approximate surface area is 146 Å². The lowest BCUT2D eigenvalue weighted by Crippen LogP contribution is -2.48. The van der Waals surface area contributed by atoms with Crippen molar-refractivity contribution in [2.75, 3.05) is 0 Å². The van der Waals surface area contributed by atoms with Gasteiger partial charge in [-0.2, -0.15) is 0 Å². The summed E-state index contributed by atoms with van der Waals surface area (Å²) >= 11 is 7.19. The van der Waals surface area contributed by atoms with Gasteiger partial charge >= 0.3 is 0 Å². The highest BCUT2D eigenvalue weighted by molar-refractivity contribution is 9.11. The first-order valence-electron chi connectivity index (χ1n) is 7.64. The fourth-order valence-electron chi connectivity index (χ4n) is 3.96. The molecule has 2 atom stereocenters. The molecule has 1 aromatic rings. The lowest BCUT2D eigenvalue weighted by Gasteiger charge is -2.51. The van der Waals surface area contributed by atoms with Crippen molar-refractivity contribution >= 4 is 45.7 Å². The lowest BCUT2D eigenvalue weighted by molar-refractivity contribution is -0.119. The smallest absolute Gasteiger partial charge is 0.137 e. The standard InChI is InChI=1S/C17H24Br2OSi/c1-12(20)16(14-8-7-13(18)11-15(14)19)17(2)9-5-6-10-21(17,3)4/h7-8,11,16H,5-6,9-10H2,1-4H3. The van der Waals surface area contributed by atoms with Gasteiger partial charge in [0.1, 0.15) is 5.78 Å². The van der Waals surface area contributed by atoms with Gasteiger partial charge in [0.2, 0.25) is 0 Å². The highest BCUT2D eigenvalue weighted by atomic mass is 79.9. The molecule has 4 heteroatoms. The van der Waals surface area contributed by atoms with Gasteiger partial charge in [-0.25, -0.2) is 0 Å². The molecular formula is C17H24Br2OSi. The van der Waals surface area contributed by atoms with Crippen LogP contribution in [0.1, 0.15) is 44.6 Å². The number of ketones is 1. The summed E-state index contributed by atoms with van der Waals surface area (Å²) in [6, 6.07) is 7.56. The molecule has 1 heterocycles. The van der Waals surface area contributed by atoms with Crippen LogP contribution in [0.4, 0.5) is 0 Å². The molecule has 0 N–H and O–H groups in total. The maximum absolute atomic E-state index is 12.6. The summed E-state index contributed by atoms with van der Waals surface area (Å²) in [6.07, 6.45) is 3.77. The number of Topliss-reactive ketones (excluding diaryl/α,β-unsaturated/α-hetero) is 1. The van der Waals surface area contributed by atoms with Crippen LogP contribution in [0.2, 0.25) is 24.2 Å². The van der Waals surface area contributed by atoms with Crippen molar-refractivity contribution in [3.8, 4) is 0 Å². The molecule has 0 amide bonds. The Bertz CT molecular complexity index is 556. The van der Waals surface area contributed by atoms with Gasteiger partial charge in [-0.05, 0) is 36.1 Å². The van der Waals surface area contributed by atoms with Crippen LogP contribution in [-0.4, -0.2) is 13.9 Å². The topological polar surface area (TPSA) is 17.1 Å². The minimum atomic E-state index is -1.44. The number of carbonyl (C=O) groups excluding carboxylic acids is 1. The van der Waals surface area contributed by atoms with E-state index in [4.69, 9.17) is 0 Å². The van der Waals surface area contributed by atoms with Gasteiger partial charge in [0, 0.05) is 14.9 Å². The maximum Gasteiger partial charge on any atom is 0.137 e. The van der Waals surface area contributed by atoms with E-state index < -0.39 is 8.07 Å². The second-order valence-corrected chi connectivity index (χ2v) is 14.4. The third-order valence-corrected chi connectivity index (χ3v) is 12.0. The fraction of sp³-hybridized carbons (Fsp3) is 0.588. The molecule has 0 aromatic heterocycles. The SMILES string of the molecule is CC(=O)C(c1ccc(Br)cc1Br)C1(C)CCCC[Si]1(C)C. The van der Waals surface area contributed by atoms with Gasteiger partial charge in [0.15, 0.2) is 0 Å². The first-order valence-corrected chi connectivity index (χ1v) is 12.4. The number of carbonyl (C=O) groups is 1. The highest BCUT2D eigenvalue weighted by Crippen LogP contribution is 2.59. The molecule has 1 nitrogen and oxygen atoms in total. The molecule has 0 spiro atoms. The predicted octanol–water partition coefficient (Wildman–Crippen LogP) is 6.54. The Kier molecular flexibility index (Phi) is 5.21. The molecule has 2 rings (SSSR count). The van der Waals surface area contributed by atoms with Gasteiger partial charge in [-0.1, -0.05) is 76.8 Å². The Hall–Kier alpha value is 0.0669. The molecule has 0 radical (unpaired) electrons. The third-order valence-electron chi connectivity index (χ3n) is 5.61. The van der Waals surface area contributed by atoms with Gasteiger partial charge in [-0.3, -0.25) is 4.79 Å². The molecular weight excluding hydrogens is 408 g/mol. The Morgan fingerprint density at radius 1 is 1.29 bits per heavy atom. The quantitative estimate of drug-likeness (QED) is 0.496. The first-order chi connectivity index (χ1) is 9.69. The van der Waals surface area contributed by atoms with Crippen molar-refractivity contribution in [3.05, 3.63) is 32.7 Å². The summed E-state index contributed by atoms with van der Waals surface area (Å²) in [5, 5.41) is 0.146. The monoisotopic (exact) mass is 430 g/mol. The molecule has 1 fully saturated rings. The van der Waals surface area contributed by atoms with E-state index in [2.05, 4.69) is 70.1 Å². The van der Waals surface area contributed by atoms with E-state index in [0.717, 1.165) is 14.5 Å². The highest BCUT2D eigenvalue weighted by Gasteiger charge is 2.51. The van der Waals surface area contributed by atoms with Crippen molar-refractivity contribution in [1.82, 2.24) is 0 Å². The van der Waals surface area contributed by atoms with Crippen molar-refractivity contribution in [1.29, 1.82) is 0 Å². The summed E-state index contributed by atoms with van der Waals surface area (Å²) in [6.45, 7) is 9.08. The van der Waals surface area contributed by atoms with Gasteiger partial charge in [0.05, 0.1) is 8.07 Å². The van der Waals surface area contributed by atoms with Crippen LogP contribution in [0.3, 0.4) is 0 Å².